The second-order valence-corrected chi connectivity index (χ2v) is 3.85. The van der Waals surface area contributed by atoms with Gasteiger partial charge >= 0.3 is 0 Å². The Morgan fingerprint density at radius 2 is 2.11 bits per heavy atom. The standard InChI is InChI=1S/C7H13Cl2/c1-4-5-7(3,9)6(2)8/h5-6H,4H2,1-3H3. The summed E-state index contributed by atoms with van der Waals surface area (Å²) in [6, 6.07) is 0. The molecule has 0 N–H and O–H groups in total. The topological polar surface area (TPSA) is 0 Å². The minimum atomic E-state index is -0.337. The molecule has 0 aliphatic heterocycles. The molecule has 2 unspecified atom stereocenters. The largest absolute Gasteiger partial charge is 0.121 e. The van der Waals surface area contributed by atoms with E-state index >= 15 is 0 Å². The third kappa shape index (κ3) is 3.32. The van der Waals surface area contributed by atoms with Gasteiger partial charge in [-0.3, -0.25) is 0 Å². The number of hydrogen-bond acceptors (Lipinski definition) is 0. The fourth-order valence-corrected chi connectivity index (χ4v) is 0.805. The van der Waals surface area contributed by atoms with E-state index in [0.29, 0.717) is 0 Å². The van der Waals surface area contributed by atoms with Gasteiger partial charge in [-0.2, -0.15) is 0 Å². The van der Waals surface area contributed by atoms with E-state index in [0.717, 1.165) is 6.42 Å². The van der Waals surface area contributed by atoms with Gasteiger partial charge in [-0.15, -0.1) is 23.2 Å². The van der Waals surface area contributed by atoms with Crippen LogP contribution in [0.3, 0.4) is 0 Å². The lowest BCUT2D eigenvalue weighted by Crippen LogP contribution is -2.26. The summed E-state index contributed by atoms with van der Waals surface area (Å²) in [4.78, 5) is -0.337. The first kappa shape index (κ1) is 9.58. The highest BCUT2D eigenvalue weighted by atomic mass is 35.5. The Balaban J connectivity index is 3.70. The maximum atomic E-state index is 5.98. The van der Waals surface area contributed by atoms with Gasteiger partial charge < -0.3 is 0 Å². The fourth-order valence-electron chi connectivity index (χ4n) is 0.562. The van der Waals surface area contributed by atoms with Crippen molar-refractivity contribution in [2.45, 2.75) is 37.4 Å². The third-order valence-corrected chi connectivity index (χ3v) is 2.43. The van der Waals surface area contributed by atoms with Crippen molar-refractivity contribution >= 4 is 23.2 Å². The van der Waals surface area contributed by atoms with Gasteiger partial charge in [0.1, 0.15) is 0 Å². The van der Waals surface area contributed by atoms with E-state index in [4.69, 9.17) is 23.2 Å². The Kier molecular flexibility index (Phi) is 3.91. The van der Waals surface area contributed by atoms with E-state index in [1.807, 2.05) is 20.3 Å². The third-order valence-electron chi connectivity index (χ3n) is 1.38. The molecule has 2 heteroatoms. The normalized spacial score (nSPS) is 21.0. The van der Waals surface area contributed by atoms with Crippen molar-refractivity contribution in [2.75, 3.05) is 0 Å². The molecule has 1 radical (unpaired) electrons. The Bertz CT molecular complexity index is 77.0. The summed E-state index contributed by atoms with van der Waals surface area (Å²) in [7, 11) is 0. The van der Waals surface area contributed by atoms with Crippen molar-refractivity contribution in [2.24, 2.45) is 0 Å². The summed E-state index contributed by atoms with van der Waals surface area (Å²) in [6.07, 6.45) is 2.99. The summed E-state index contributed by atoms with van der Waals surface area (Å²) in [5, 5.41) is -0.000818. The molecule has 0 saturated carbocycles. The quantitative estimate of drug-likeness (QED) is 0.567. The first-order valence-corrected chi connectivity index (χ1v) is 3.99. The summed E-state index contributed by atoms with van der Waals surface area (Å²) in [5.41, 5.74) is 0. The van der Waals surface area contributed by atoms with Gasteiger partial charge in [-0.05, 0) is 20.3 Å². The second-order valence-electron chi connectivity index (χ2n) is 2.38. The predicted molar refractivity (Wildman–Crippen MR) is 44.2 cm³/mol. The van der Waals surface area contributed by atoms with Crippen molar-refractivity contribution in [3.8, 4) is 0 Å². The molecule has 0 aliphatic carbocycles. The minimum Gasteiger partial charge on any atom is -0.121 e. The number of alkyl halides is 2. The summed E-state index contributed by atoms with van der Waals surface area (Å²) in [5.74, 6) is 0. The molecule has 0 aromatic rings. The van der Waals surface area contributed by atoms with Crippen molar-refractivity contribution in [1.82, 2.24) is 0 Å². The van der Waals surface area contributed by atoms with E-state index in [1.54, 1.807) is 0 Å². The molecule has 0 rings (SSSR count). The van der Waals surface area contributed by atoms with Crippen LogP contribution < -0.4 is 0 Å². The van der Waals surface area contributed by atoms with Crippen molar-refractivity contribution < 1.29 is 0 Å². The Morgan fingerprint density at radius 1 is 1.67 bits per heavy atom. The molecule has 0 heterocycles. The molecule has 0 bridgehead atoms. The van der Waals surface area contributed by atoms with Gasteiger partial charge in [0.05, 0.1) is 4.87 Å². The zero-order valence-corrected chi connectivity index (χ0v) is 7.63. The molecule has 0 amide bonds. The van der Waals surface area contributed by atoms with Crippen LogP contribution in [-0.4, -0.2) is 10.3 Å². The van der Waals surface area contributed by atoms with Crippen molar-refractivity contribution in [1.29, 1.82) is 0 Å². The predicted octanol–water partition coefficient (Wildman–Crippen LogP) is 3.23. The Hall–Kier alpha value is 0.580. The zero-order chi connectivity index (χ0) is 7.49. The van der Waals surface area contributed by atoms with Gasteiger partial charge in [-0.25, -0.2) is 0 Å². The summed E-state index contributed by atoms with van der Waals surface area (Å²) < 4.78 is 0. The maximum absolute atomic E-state index is 5.98. The second kappa shape index (κ2) is 3.68. The number of halogens is 2. The van der Waals surface area contributed by atoms with Crippen LogP contribution in [0.1, 0.15) is 27.2 Å². The molecular formula is C7H13Cl2. The van der Waals surface area contributed by atoms with E-state index in [1.165, 1.54) is 0 Å². The van der Waals surface area contributed by atoms with Crippen LogP contribution in [0.25, 0.3) is 0 Å². The minimum absolute atomic E-state index is 0.000818. The molecule has 9 heavy (non-hydrogen) atoms. The molecule has 0 saturated heterocycles. The molecule has 0 fully saturated rings. The van der Waals surface area contributed by atoms with Gasteiger partial charge in [0, 0.05) is 5.38 Å². The molecule has 2 atom stereocenters. The van der Waals surface area contributed by atoms with Gasteiger partial charge in [0.25, 0.3) is 0 Å². The molecule has 55 valence electrons. The SMILES string of the molecule is CC[CH]C(C)(Cl)C(C)Cl. The lowest BCUT2D eigenvalue weighted by Gasteiger charge is -2.23. The van der Waals surface area contributed by atoms with Gasteiger partial charge in [-0.1, -0.05) is 13.3 Å². The van der Waals surface area contributed by atoms with Crippen LogP contribution in [0.5, 0.6) is 0 Å². The highest BCUT2D eigenvalue weighted by Gasteiger charge is 2.25. The van der Waals surface area contributed by atoms with E-state index in [2.05, 4.69) is 6.92 Å². The smallest absolute Gasteiger partial charge is 0.0610 e. The Morgan fingerprint density at radius 3 is 2.22 bits per heavy atom. The highest BCUT2D eigenvalue weighted by molar-refractivity contribution is 6.32. The van der Waals surface area contributed by atoms with E-state index in [9.17, 15) is 0 Å². The van der Waals surface area contributed by atoms with E-state index in [-0.39, 0.29) is 10.3 Å². The van der Waals surface area contributed by atoms with Gasteiger partial charge in [0.2, 0.25) is 0 Å². The monoisotopic (exact) mass is 167 g/mol. The first-order valence-electron chi connectivity index (χ1n) is 3.18. The van der Waals surface area contributed by atoms with Crippen molar-refractivity contribution in [3.63, 3.8) is 0 Å². The lowest BCUT2D eigenvalue weighted by atomic mass is 10.0. The molecule has 0 aromatic carbocycles. The first-order chi connectivity index (χ1) is 4.00. The average molecular weight is 168 g/mol. The van der Waals surface area contributed by atoms with Crippen LogP contribution in [0.15, 0.2) is 0 Å². The van der Waals surface area contributed by atoms with Crippen LogP contribution in [0.4, 0.5) is 0 Å². The molecule has 0 aromatic heterocycles. The number of hydrogen-bond donors (Lipinski definition) is 0. The average Bonchev–Trinajstić information content (AvgIpc) is 1.65. The van der Waals surface area contributed by atoms with Crippen LogP contribution in [0, 0.1) is 6.42 Å². The summed E-state index contributed by atoms with van der Waals surface area (Å²) >= 11 is 11.8. The molecular weight excluding hydrogens is 155 g/mol. The number of rotatable bonds is 3. The van der Waals surface area contributed by atoms with E-state index < -0.39 is 0 Å². The molecule has 0 nitrogen and oxygen atoms in total. The summed E-state index contributed by atoms with van der Waals surface area (Å²) in [6.45, 7) is 5.89. The fraction of sp³-hybridized carbons (Fsp3) is 0.857. The molecule has 0 aliphatic rings. The molecule has 0 spiro atoms. The van der Waals surface area contributed by atoms with Crippen molar-refractivity contribution in [3.05, 3.63) is 6.42 Å². The van der Waals surface area contributed by atoms with Gasteiger partial charge in [0.15, 0.2) is 0 Å². The maximum Gasteiger partial charge on any atom is 0.0610 e. The highest BCUT2D eigenvalue weighted by Crippen LogP contribution is 2.27. The van der Waals surface area contributed by atoms with Crippen LogP contribution in [0.2, 0.25) is 0 Å². The Labute approximate surface area is 67.5 Å². The lowest BCUT2D eigenvalue weighted by molar-refractivity contribution is 0.675. The van der Waals surface area contributed by atoms with Crippen LogP contribution in [-0.2, 0) is 0 Å². The van der Waals surface area contributed by atoms with Crippen LogP contribution >= 0.6 is 23.2 Å². The zero-order valence-electron chi connectivity index (χ0n) is 6.12.